The average molecular weight is 333 g/mol. The first-order chi connectivity index (χ1) is 11.4. The van der Waals surface area contributed by atoms with Crippen LogP contribution in [0.4, 0.5) is 0 Å². The molecule has 126 valence electrons. The Labute approximate surface area is 136 Å². The number of hydrogen-bond donors (Lipinski definition) is 1. The molecule has 0 spiro atoms. The van der Waals surface area contributed by atoms with Crippen LogP contribution in [0, 0.1) is 0 Å². The van der Waals surface area contributed by atoms with E-state index >= 15 is 0 Å². The minimum Gasteiger partial charge on any atom is -0.507 e. The summed E-state index contributed by atoms with van der Waals surface area (Å²) >= 11 is 0. The largest absolute Gasteiger partial charge is 0.507 e. The van der Waals surface area contributed by atoms with Crippen LogP contribution in [-0.4, -0.2) is 42.9 Å². The van der Waals surface area contributed by atoms with E-state index < -0.39 is 34.5 Å². The van der Waals surface area contributed by atoms with Crippen LogP contribution in [0.2, 0.25) is 0 Å². The lowest BCUT2D eigenvalue weighted by Crippen LogP contribution is -2.28. The van der Waals surface area contributed by atoms with Gasteiger partial charge in [-0.15, -0.1) is 0 Å². The van der Waals surface area contributed by atoms with Crippen LogP contribution in [0.1, 0.15) is 20.8 Å². The zero-order valence-electron chi connectivity index (χ0n) is 13.2. The number of carbonyl (C=O) groups excluding carboxylic acids is 2. The van der Waals surface area contributed by atoms with Gasteiger partial charge in [0.1, 0.15) is 17.1 Å². The van der Waals surface area contributed by atoms with Crippen LogP contribution in [0.15, 0.2) is 35.1 Å². The van der Waals surface area contributed by atoms with Gasteiger partial charge in [0.15, 0.2) is 5.69 Å². The molecule has 2 aromatic rings. The van der Waals surface area contributed by atoms with E-state index in [2.05, 4.69) is 9.47 Å². The van der Waals surface area contributed by atoms with Crippen molar-refractivity contribution in [1.29, 1.82) is 0 Å². The zero-order chi connectivity index (χ0) is 17.9. The minimum atomic E-state index is -0.977. The lowest BCUT2D eigenvalue weighted by atomic mass is 10.1. The van der Waals surface area contributed by atoms with Gasteiger partial charge in [-0.05, 0) is 24.3 Å². The maximum atomic E-state index is 12.3. The highest BCUT2D eigenvalue weighted by Crippen LogP contribution is 2.24. The van der Waals surface area contributed by atoms with Crippen LogP contribution in [0.5, 0.6) is 11.5 Å². The predicted octanol–water partition coefficient (Wildman–Crippen LogP) is 1.12. The van der Waals surface area contributed by atoms with Crippen LogP contribution in [0.25, 0.3) is 5.69 Å². The molecule has 1 N–H and O–H groups in total. The van der Waals surface area contributed by atoms with Crippen molar-refractivity contribution in [2.45, 2.75) is 0 Å². The summed E-state index contributed by atoms with van der Waals surface area (Å²) in [5.74, 6) is -2.08. The SMILES string of the molecule is COC(=O)c1c(O)cc(=O)n(-c2ccc(OC)cc2)c1C(=O)OC. The normalized spacial score (nSPS) is 10.1. The molecule has 0 unspecified atom stereocenters. The minimum absolute atomic E-state index is 0.284. The van der Waals surface area contributed by atoms with E-state index in [-0.39, 0.29) is 5.69 Å². The van der Waals surface area contributed by atoms with E-state index in [1.165, 1.54) is 19.2 Å². The Morgan fingerprint density at radius 1 is 1.00 bits per heavy atom. The van der Waals surface area contributed by atoms with Gasteiger partial charge in [-0.25, -0.2) is 9.59 Å². The Kier molecular flexibility index (Phi) is 4.88. The van der Waals surface area contributed by atoms with Gasteiger partial charge in [0.25, 0.3) is 5.56 Å². The van der Waals surface area contributed by atoms with Crippen LogP contribution in [0.3, 0.4) is 0 Å². The first-order valence-corrected chi connectivity index (χ1v) is 6.74. The molecule has 8 nitrogen and oxygen atoms in total. The molecular weight excluding hydrogens is 318 g/mol. The fourth-order valence-electron chi connectivity index (χ4n) is 2.18. The Hall–Kier alpha value is -3.29. The monoisotopic (exact) mass is 333 g/mol. The molecule has 2 rings (SSSR count). The summed E-state index contributed by atoms with van der Waals surface area (Å²) in [6.07, 6.45) is 0. The fourth-order valence-corrected chi connectivity index (χ4v) is 2.18. The number of methoxy groups -OCH3 is 3. The molecule has 24 heavy (non-hydrogen) atoms. The Balaban J connectivity index is 2.84. The van der Waals surface area contributed by atoms with Gasteiger partial charge < -0.3 is 19.3 Å². The van der Waals surface area contributed by atoms with E-state index in [1.54, 1.807) is 12.1 Å². The Morgan fingerprint density at radius 2 is 1.58 bits per heavy atom. The third-order valence-corrected chi connectivity index (χ3v) is 3.30. The van der Waals surface area contributed by atoms with E-state index in [0.29, 0.717) is 5.75 Å². The fraction of sp³-hybridized carbons (Fsp3) is 0.188. The highest BCUT2D eigenvalue weighted by Gasteiger charge is 2.28. The third-order valence-electron chi connectivity index (χ3n) is 3.30. The summed E-state index contributed by atoms with van der Waals surface area (Å²) in [4.78, 5) is 36.4. The van der Waals surface area contributed by atoms with Crippen molar-refractivity contribution in [1.82, 2.24) is 4.57 Å². The third kappa shape index (κ3) is 2.94. The van der Waals surface area contributed by atoms with Gasteiger partial charge in [-0.2, -0.15) is 0 Å². The Morgan fingerprint density at radius 3 is 2.08 bits per heavy atom. The van der Waals surface area contributed by atoms with Crippen LogP contribution < -0.4 is 10.3 Å². The molecule has 0 aliphatic carbocycles. The second kappa shape index (κ2) is 6.86. The van der Waals surface area contributed by atoms with Gasteiger partial charge in [0.05, 0.1) is 21.3 Å². The van der Waals surface area contributed by atoms with Gasteiger partial charge in [-0.3, -0.25) is 9.36 Å². The summed E-state index contributed by atoms with van der Waals surface area (Å²) < 4.78 is 15.2. The second-order valence-electron chi connectivity index (χ2n) is 4.61. The molecule has 0 saturated heterocycles. The number of nitrogens with zero attached hydrogens (tertiary/aromatic N) is 1. The molecule has 0 fully saturated rings. The number of pyridine rings is 1. The summed E-state index contributed by atoms with van der Waals surface area (Å²) in [7, 11) is 3.67. The smallest absolute Gasteiger partial charge is 0.356 e. The highest BCUT2D eigenvalue weighted by molar-refractivity contribution is 6.04. The summed E-state index contributed by atoms with van der Waals surface area (Å²) in [6, 6.07) is 7.01. The summed E-state index contributed by atoms with van der Waals surface area (Å²) in [6.45, 7) is 0. The topological polar surface area (TPSA) is 104 Å². The average Bonchev–Trinajstić information content (AvgIpc) is 2.60. The number of benzene rings is 1. The molecule has 1 aromatic carbocycles. The molecule has 1 aromatic heterocycles. The number of esters is 2. The molecule has 0 amide bonds. The van der Waals surface area contributed by atoms with Gasteiger partial charge in [0.2, 0.25) is 0 Å². The lowest BCUT2D eigenvalue weighted by molar-refractivity contribution is 0.0543. The van der Waals surface area contributed by atoms with E-state index in [1.807, 2.05) is 0 Å². The first-order valence-electron chi connectivity index (χ1n) is 6.74. The molecule has 1 heterocycles. The molecule has 0 radical (unpaired) electrons. The number of carbonyl (C=O) groups is 2. The first kappa shape index (κ1) is 17.1. The standard InChI is InChI=1S/C16H15NO7/c1-22-10-6-4-9(5-7-10)17-12(19)8-11(18)13(15(20)23-2)14(17)16(21)24-3/h4-8,18H,1-3H3. The molecule has 0 bridgehead atoms. The van der Waals surface area contributed by atoms with Crippen molar-refractivity contribution in [2.24, 2.45) is 0 Å². The molecule has 0 aliphatic rings. The summed E-state index contributed by atoms with van der Waals surface area (Å²) in [5.41, 5.74) is -1.32. The Bertz CT molecular complexity index is 837. The number of aromatic hydroxyl groups is 1. The van der Waals surface area contributed by atoms with Crippen LogP contribution in [-0.2, 0) is 9.47 Å². The second-order valence-corrected chi connectivity index (χ2v) is 4.61. The predicted molar refractivity (Wildman–Crippen MR) is 82.9 cm³/mol. The molecule has 0 saturated carbocycles. The maximum Gasteiger partial charge on any atom is 0.356 e. The number of ether oxygens (including phenoxy) is 3. The van der Waals surface area contributed by atoms with Crippen molar-refractivity contribution in [3.63, 3.8) is 0 Å². The van der Waals surface area contributed by atoms with Crippen molar-refractivity contribution in [3.8, 4) is 17.2 Å². The van der Waals surface area contributed by atoms with E-state index in [0.717, 1.165) is 24.9 Å². The quantitative estimate of drug-likeness (QED) is 0.836. The molecule has 0 atom stereocenters. The summed E-state index contributed by atoms with van der Waals surface area (Å²) in [5, 5.41) is 9.93. The molecule has 8 heteroatoms. The number of hydrogen-bond acceptors (Lipinski definition) is 7. The van der Waals surface area contributed by atoms with Gasteiger partial charge >= 0.3 is 11.9 Å². The number of aromatic nitrogens is 1. The maximum absolute atomic E-state index is 12.3. The van der Waals surface area contributed by atoms with Crippen molar-refractivity contribution in [2.75, 3.05) is 21.3 Å². The van der Waals surface area contributed by atoms with Gasteiger partial charge in [-0.1, -0.05) is 0 Å². The van der Waals surface area contributed by atoms with Crippen molar-refractivity contribution in [3.05, 3.63) is 51.9 Å². The van der Waals surface area contributed by atoms with Gasteiger partial charge in [0, 0.05) is 11.8 Å². The van der Waals surface area contributed by atoms with Crippen molar-refractivity contribution < 1.29 is 28.9 Å². The molecule has 0 aliphatic heterocycles. The van der Waals surface area contributed by atoms with E-state index in [4.69, 9.17) is 4.74 Å². The van der Waals surface area contributed by atoms with Crippen molar-refractivity contribution >= 4 is 11.9 Å². The number of rotatable bonds is 4. The van der Waals surface area contributed by atoms with Crippen LogP contribution >= 0.6 is 0 Å². The zero-order valence-corrected chi connectivity index (χ0v) is 13.2. The van der Waals surface area contributed by atoms with E-state index in [9.17, 15) is 19.5 Å². The highest BCUT2D eigenvalue weighted by atomic mass is 16.5. The molecular formula is C16H15NO7. The lowest BCUT2D eigenvalue weighted by Gasteiger charge is -2.15.